The minimum atomic E-state index is -4.35. The van der Waals surface area contributed by atoms with Crippen molar-refractivity contribution in [2.45, 2.75) is 55.9 Å². The van der Waals surface area contributed by atoms with Crippen molar-refractivity contribution in [1.82, 2.24) is 0 Å². The minimum Gasteiger partial charge on any atom is -0.488 e. The molecule has 0 bridgehead atoms. The Kier molecular flexibility index (Phi) is 14.4. The van der Waals surface area contributed by atoms with Gasteiger partial charge in [-0.1, -0.05) is 43.9 Å². The quantitative estimate of drug-likeness (QED) is 0.0644. The molecule has 0 aromatic heterocycles. The highest BCUT2D eigenvalue weighted by atomic mass is 35.5. The molecular formula is C32H44ClN3O8SSi. The number of carbonyl (C=O) groups is 1. The number of anilines is 2. The first-order valence-corrected chi connectivity index (χ1v) is 20.7. The fourth-order valence-electron chi connectivity index (χ4n) is 4.78. The van der Waals surface area contributed by atoms with E-state index in [4.69, 9.17) is 35.3 Å². The van der Waals surface area contributed by atoms with Gasteiger partial charge in [0, 0.05) is 21.2 Å². The van der Waals surface area contributed by atoms with E-state index < -0.39 is 24.1 Å². The molecule has 1 aliphatic heterocycles. The lowest BCUT2D eigenvalue weighted by atomic mass is 10.0. The molecular weight excluding hydrogens is 650 g/mol. The van der Waals surface area contributed by atoms with Gasteiger partial charge in [-0.15, -0.1) is 0 Å². The zero-order chi connectivity index (χ0) is 33.7. The summed E-state index contributed by atoms with van der Waals surface area (Å²) in [5, 5.41) is 9.89. The summed E-state index contributed by atoms with van der Waals surface area (Å²) in [6.07, 6.45) is 4.13. The average Bonchev–Trinajstić information content (AvgIpc) is 3.02. The number of hydrogen-bond donors (Lipinski definition) is 1. The molecule has 0 radical (unpaired) electrons. The second-order valence-electron chi connectivity index (χ2n) is 12.0. The number of hydrogen-bond acceptors (Lipinski definition) is 10. The van der Waals surface area contributed by atoms with E-state index in [-0.39, 0.29) is 51.9 Å². The van der Waals surface area contributed by atoms with Crippen molar-refractivity contribution in [3.63, 3.8) is 0 Å². The maximum Gasteiger partial charge on any atom is 0.337 e. The molecule has 0 aliphatic carbocycles. The van der Waals surface area contributed by atoms with Gasteiger partial charge in [0.1, 0.15) is 30.1 Å². The van der Waals surface area contributed by atoms with Crippen molar-refractivity contribution in [1.29, 1.82) is 5.26 Å². The van der Waals surface area contributed by atoms with Crippen LogP contribution < -0.4 is 14.4 Å². The summed E-state index contributed by atoms with van der Waals surface area (Å²) in [7, 11) is -4.30. The fourth-order valence-corrected chi connectivity index (χ4v) is 6.98. The minimum absolute atomic E-state index is 0.0176. The Labute approximate surface area is 278 Å². The molecule has 1 fully saturated rings. The number of methoxy groups -OCH3 is 1. The topological polar surface area (TPSA) is 136 Å². The van der Waals surface area contributed by atoms with Gasteiger partial charge in [-0.25, -0.2) is 13.2 Å². The molecule has 0 spiro atoms. The van der Waals surface area contributed by atoms with Crippen molar-refractivity contribution in [2.24, 2.45) is 0 Å². The largest absolute Gasteiger partial charge is 0.488 e. The SMILES string of the molecule is C=CCOc1ccc(C(=O)OC)cc1S(=O)(=O)Nc1cc(C#N)c(Cl)cc1N1CCCC[C@H]1COCCOCOCC[Si](C)(C)C. The number of nitriles is 1. The van der Waals surface area contributed by atoms with E-state index in [1.165, 1.54) is 37.5 Å². The predicted octanol–water partition coefficient (Wildman–Crippen LogP) is 6.07. The van der Waals surface area contributed by atoms with E-state index >= 15 is 0 Å². The number of halogens is 1. The summed E-state index contributed by atoms with van der Waals surface area (Å²) in [4.78, 5) is 14.0. The molecule has 3 rings (SSSR count). The molecule has 1 heterocycles. The first kappa shape index (κ1) is 37.3. The van der Waals surface area contributed by atoms with E-state index in [0.717, 1.165) is 25.3 Å². The van der Waals surface area contributed by atoms with Crippen molar-refractivity contribution in [3.05, 3.63) is 59.1 Å². The van der Waals surface area contributed by atoms with Crippen LogP contribution in [0.3, 0.4) is 0 Å². The van der Waals surface area contributed by atoms with Crippen molar-refractivity contribution in [2.75, 3.05) is 63.1 Å². The third-order valence-corrected chi connectivity index (χ3v) is 10.6. The van der Waals surface area contributed by atoms with E-state index in [9.17, 15) is 18.5 Å². The summed E-state index contributed by atoms with van der Waals surface area (Å²) in [6.45, 7) is 13.2. The van der Waals surface area contributed by atoms with Crippen molar-refractivity contribution < 1.29 is 36.9 Å². The third kappa shape index (κ3) is 11.0. The highest BCUT2D eigenvalue weighted by molar-refractivity contribution is 7.92. The van der Waals surface area contributed by atoms with Gasteiger partial charge in [0.2, 0.25) is 0 Å². The zero-order valence-electron chi connectivity index (χ0n) is 27.0. The molecule has 0 amide bonds. The number of esters is 1. The fraction of sp³-hybridized carbons (Fsp3) is 0.500. The number of nitrogens with one attached hydrogen (secondary N) is 1. The number of rotatable bonds is 18. The number of piperidine rings is 1. The molecule has 14 heteroatoms. The van der Waals surface area contributed by atoms with Gasteiger partial charge < -0.3 is 28.6 Å². The Balaban J connectivity index is 1.81. The van der Waals surface area contributed by atoms with Gasteiger partial charge in [0.15, 0.2) is 0 Å². The monoisotopic (exact) mass is 693 g/mol. The molecule has 1 atom stereocenters. The molecule has 11 nitrogen and oxygen atoms in total. The Morgan fingerprint density at radius 3 is 2.59 bits per heavy atom. The highest BCUT2D eigenvalue weighted by Gasteiger charge is 2.29. The Morgan fingerprint density at radius 2 is 1.89 bits per heavy atom. The molecule has 0 unspecified atom stereocenters. The van der Waals surface area contributed by atoms with Crippen LogP contribution in [0.5, 0.6) is 5.75 Å². The smallest absolute Gasteiger partial charge is 0.337 e. The van der Waals surface area contributed by atoms with Gasteiger partial charge in [-0.3, -0.25) is 4.72 Å². The maximum absolute atomic E-state index is 13.9. The molecule has 252 valence electrons. The number of ether oxygens (including phenoxy) is 5. The van der Waals surface area contributed by atoms with E-state index in [0.29, 0.717) is 38.7 Å². The summed E-state index contributed by atoms with van der Waals surface area (Å²) >= 11 is 6.47. The first-order valence-electron chi connectivity index (χ1n) is 15.1. The van der Waals surface area contributed by atoms with E-state index in [1.807, 2.05) is 6.07 Å². The van der Waals surface area contributed by atoms with Gasteiger partial charge in [0.25, 0.3) is 10.0 Å². The van der Waals surface area contributed by atoms with Crippen LogP contribution >= 0.6 is 11.6 Å². The standard InChI is InChI=1S/C32H44ClN3O8SSi/c1-6-13-44-30-11-10-24(32(37)40-2)19-31(30)45(38,39)35-28-18-25(21-34)27(33)20-29(28)36-12-8-7-9-26(36)22-41-14-15-42-23-43-16-17-46(3,4)5/h6,10-11,18-20,26,35H,1,7-9,12-17,22-23H2,2-5H3/t26-/m0/s1. The lowest BCUT2D eigenvalue weighted by Gasteiger charge is -2.38. The molecule has 1 aliphatic rings. The van der Waals surface area contributed by atoms with Crippen LogP contribution in [0.2, 0.25) is 30.7 Å². The summed E-state index contributed by atoms with van der Waals surface area (Å²) in [5.74, 6) is -0.689. The second kappa shape index (κ2) is 17.7. The maximum atomic E-state index is 13.9. The lowest BCUT2D eigenvalue weighted by molar-refractivity contribution is -0.0668. The molecule has 46 heavy (non-hydrogen) atoms. The summed E-state index contributed by atoms with van der Waals surface area (Å²) < 4.78 is 57.9. The van der Waals surface area contributed by atoms with E-state index in [2.05, 4.69) is 35.8 Å². The van der Waals surface area contributed by atoms with Crippen LogP contribution in [0.25, 0.3) is 0 Å². The first-order chi connectivity index (χ1) is 21.9. The number of benzene rings is 2. The van der Waals surface area contributed by atoms with Crippen LogP contribution in [-0.4, -0.2) is 82.0 Å². The van der Waals surface area contributed by atoms with Crippen LogP contribution in [0.15, 0.2) is 47.9 Å². The van der Waals surface area contributed by atoms with Crippen LogP contribution in [0.4, 0.5) is 11.4 Å². The number of carbonyl (C=O) groups excluding carboxylic acids is 1. The molecule has 1 N–H and O–H groups in total. The molecule has 0 saturated carbocycles. The molecule has 2 aromatic carbocycles. The predicted molar refractivity (Wildman–Crippen MR) is 181 cm³/mol. The normalized spacial score (nSPS) is 15.2. The van der Waals surface area contributed by atoms with Crippen LogP contribution in [0, 0.1) is 11.3 Å². The Morgan fingerprint density at radius 1 is 1.15 bits per heavy atom. The van der Waals surface area contributed by atoms with Crippen LogP contribution in [0.1, 0.15) is 35.2 Å². The summed E-state index contributed by atoms with van der Waals surface area (Å²) in [6, 6.07) is 10.00. The highest BCUT2D eigenvalue weighted by Crippen LogP contribution is 2.38. The van der Waals surface area contributed by atoms with Gasteiger partial charge in [-0.05, 0) is 55.6 Å². The third-order valence-electron chi connectivity index (χ3n) is 7.24. The molecule has 2 aromatic rings. The Hall–Kier alpha value is -3.12. The van der Waals surface area contributed by atoms with Crippen molar-refractivity contribution >= 4 is 47.0 Å². The van der Waals surface area contributed by atoms with Crippen molar-refractivity contribution in [3.8, 4) is 11.8 Å². The lowest BCUT2D eigenvalue weighted by Crippen LogP contribution is -2.43. The van der Waals surface area contributed by atoms with Gasteiger partial charge in [0.05, 0.1) is 60.5 Å². The number of nitrogens with zero attached hydrogens (tertiary/aromatic N) is 2. The zero-order valence-corrected chi connectivity index (χ0v) is 29.5. The van der Waals surface area contributed by atoms with Crippen LogP contribution in [-0.2, 0) is 29.0 Å². The average molecular weight is 694 g/mol. The second-order valence-corrected chi connectivity index (χ2v) is 19.7. The molecule has 1 saturated heterocycles. The van der Waals surface area contributed by atoms with Gasteiger partial charge >= 0.3 is 5.97 Å². The van der Waals surface area contributed by atoms with Gasteiger partial charge in [-0.2, -0.15) is 5.26 Å². The summed E-state index contributed by atoms with van der Waals surface area (Å²) in [5.41, 5.74) is 0.789. The Bertz CT molecular complexity index is 1490. The number of sulfonamides is 1. The van der Waals surface area contributed by atoms with E-state index in [1.54, 1.807) is 6.07 Å².